The quantitative estimate of drug-likeness (QED) is 0.908. The Bertz CT molecular complexity index is 578. The first-order chi connectivity index (χ1) is 9.52. The van der Waals surface area contributed by atoms with Crippen molar-refractivity contribution >= 4 is 15.9 Å². The highest BCUT2D eigenvalue weighted by atomic mass is 79.9. The van der Waals surface area contributed by atoms with E-state index in [1.165, 1.54) is 0 Å². The number of halogens is 1. The van der Waals surface area contributed by atoms with Crippen LogP contribution in [0.2, 0.25) is 0 Å². The largest absolute Gasteiger partial charge is 0.487 e. The molecule has 0 fully saturated rings. The minimum Gasteiger partial charge on any atom is -0.487 e. The number of nitrogens with two attached hydrogens (primary N) is 1. The van der Waals surface area contributed by atoms with Crippen LogP contribution in [0.4, 0.5) is 0 Å². The zero-order valence-corrected chi connectivity index (χ0v) is 13.6. The summed E-state index contributed by atoms with van der Waals surface area (Å²) in [4.78, 5) is 0. The molecule has 2 aromatic rings. The van der Waals surface area contributed by atoms with Gasteiger partial charge in [0, 0.05) is 13.1 Å². The molecule has 20 heavy (non-hydrogen) atoms. The summed E-state index contributed by atoms with van der Waals surface area (Å²) in [6.07, 6.45) is 0.932. The maximum absolute atomic E-state index is 5.99. The Kier molecular flexibility index (Phi) is 4.83. The Morgan fingerprint density at radius 3 is 2.50 bits per heavy atom. The topological polar surface area (TPSA) is 53.1 Å². The molecule has 0 amide bonds. The minimum absolute atomic E-state index is 0.0953. The van der Waals surface area contributed by atoms with Gasteiger partial charge in [0.25, 0.3) is 0 Å². The van der Waals surface area contributed by atoms with Crippen molar-refractivity contribution in [2.24, 2.45) is 12.8 Å². The van der Waals surface area contributed by atoms with Crippen LogP contribution in [0.25, 0.3) is 0 Å². The van der Waals surface area contributed by atoms with Gasteiger partial charge in [0.05, 0.1) is 15.9 Å². The van der Waals surface area contributed by atoms with Gasteiger partial charge >= 0.3 is 0 Å². The molecular weight excluding hydrogens is 318 g/mol. The molecule has 0 saturated carbocycles. The SMILES string of the molecule is CC[C@H](N)c1ccc(OCc2c(Br)c(C)nn2C)cc1. The van der Waals surface area contributed by atoms with Crippen molar-refractivity contribution in [3.8, 4) is 5.75 Å². The lowest BCUT2D eigenvalue weighted by atomic mass is 10.1. The summed E-state index contributed by atoms with van der Waals surface area (Å²) in [5.74, 6) is 0.836. The van der Waals surface area contributed by atoms with Gasteiger partial charge in [-0.15, -0.1) is 0 Å². The van der Waals surface area contributed by atoms with Crippen LogP contribution in [-0.2, 0) is 13.7 Å². The lowest BCUT2D eigenvalue weighted by Crippen LogP contribution is -2.08. The van der Waals surface area contributed by atoms with E-state index in [2.05, 4.69) is 28.0 Å². The summed E-state index contributed by atoms with van der Waals surface area (Å²) in [5.41, 5.74) is 9.12. The molecule has 1 aromatic carbocycles. The Hall–Kier alpha value is -1.33. The average molecular weight is 338 g/mol. The molecule has 0 saturated heterocycles. The second-order valence-corrected chi connectivity index (χ2v) is 5.64. The van der Waals surface area contributed by atoms with Crippen LogP contribution in [0.15, 0.2) is 28.7 Å². The second kappa shape index (κ2) is 6.41. The molecule has 4 nitrogen and oxygen atoms in total. The highest BCUT2D eigenvalue weighted by Gasteiger charge is 2.11. The maximum Gasteiger partial charge on any atom is 0.131 e. The molecule has 5 heteroatoms. The summed E-state index contributed by atoms with van der Waals surface area (Å²) in [5, 5.41) is 4.34. The average Bonchev–Trinajstić information content (AvgIpc) is 2.70. The van der Waals surface area contributed by atoms with Crippen molar-refractivity contribution in [1.82, 2.24) is 9.78 Å². The van der Waals surface area contributed by atoms with E-state index >= 15 is 0 Å². The molecule has 0 aliphatic carbocycles. The minimum atomic E-state index is 0.0953. The fourth-order valence-electron chi connectivity index (χ4n) is 2.04. The molecule has 108 valence electrons. The molecular formula is C15H20BrN3O. The highest BCUT2D eigenvalue weighted by Crippen LogP contribution is 2.23. The lowest BCUT2D eigenvalue weighted by molar-refractivity contribution is 0.294. The number of nitrogens with zero attached hydrogens (tertiary/aromatic N) is 2. The summed E-state index contributed by atoms with van der Waals surface area (Å²) >= 11 is 3.53. The Morgan fingerprint density at radius 1 is 1.35 bits per heavy atom. The number of ether oxygens (including phenoxy) is 1. The van der Waals surface area contributed by atoms with Crippen LogP contribution in [-0.4, -0.2) is 9.78 Å². The molecule has 1 atom stereocenters. The third-order valence-electron chi connectivity index (χ3n) is 3.39. The molecule has 0 bridgehead atoms. The number of hydrogen-bond acceptors (Lipinski definition) is 3. The maximum atomic E-state index is 5.99. The van der Waals surface area contributed by atoms with Crippen LogP contribution in [0.3, 0.4) is 0 Å². The number of benzene rings is 1. The molecule has 0 radical (unpaired) electrons. The van der Waals surface area contributed by atoms with E-state index in [1.54, 1.807) is 0 Å². The van der Waals surface area contributed by atoms with Gasteiger partial charge in [0.15, 0.2) is 0 Å². The van der Waals surface area contributed by atoms with Gasteiger partial charge in [-0.25, -0.2) is 0 Å². The molecule has 2 N–H and O–H groups in total. The third kappa shape index (κ3) is 3.22. The number of aromatic nitrogens is 2. The fourth-order valence-corrected chi connectivity index (χ4v) is 2.49. The predicted octanol–water partition coefficient (Wildman–Crippen LogP) is 3.48. The smallest absolute Gasteiger partial charge is 0.131 e. The third-order valence-corrected chi connectivity index (χ3v) is 4.42. The second-order valence-electron chi connectivity index (χ2n) is 4.84. The van der Waals surface area contributed by atoms with Gasteiger partial charge in [-0.3, -0.25) is 4.68 Å². The van der Waals surface area contributed by atoms with E-state index in [0.29, 0.717) is 6.61 Å². The molecule has 1 heterocycles. The Balaban J connectivity index is 2.04. The van der Waals surface area contributed by atoms with Gasteiger partial charge in [0.2, 0.25) is 0 Å². The number of aryl methyl sites for hydroxylation is 2. The molecule has 0 unspecified atom stereocenters. The van der Waals surface area contributed by atoms with E-state index < -0.39 is 0 Å². The number of rotatable bonds is 5. The van der Waals surface area contributed by atoms with E-state index in [9.17, 15) is 0 Å². The molecule has 0 aliphatic rings. The molecule has 0 aliphatic heterocycles. The van der Waals surface area contributed by atoms with E-state index in [-0.39, 0.29) is 6.04 Å². The van der Waals surface area contributed by atoms with Crippen molar-refractivity contribution in [2.75, 3.05) is 0 Å². The van der Waals surface area contributed by atoms with Crippen LogP contribution in [0.5, 0.6) is 5.75 Å². The van der Waals surface area contributed by atoms with Gasteiger partial charge < -0.3 is 10.5 Å². The monoisotopic (exact) mass is 337 g/mol. The summed E-state index contributed by atoms with van der Waals surface area (Å²) in [6.45, 7) is 4.53. The zero-order chi connectivity index (χ0) is 14.7. The van der Waals surface area contributed by atoms with E-state index in [0.717, 1.165) is 33.6 Å². The highest BCUT2D eigenvalue weighted by molar-refractivity contribution is 9.10. The van der Waals surface area contributed by atoms with Crippen molar-refractivity contribution in [3.05, 3.63) is 45.7 Å². The van der Waals surface area contributed by atoms with Crippen LogP contribution < -0.4 is 10.5 Å². The Labute approximate surface area is 128 Å². The molecule has 1 aromatic heterocycles. The van der Waals surface area contributed by atoms with E-state index in [1.807, 2.05) is 42.9 Å². The molecule has 2 rings (SSSR count). The van der Waals surface area contributed by atoms with Crippen molar-refractivity contribution in [3.63, 3.8) is 0 Å². The van der Waals surface area contributed by atoms with Crippen molar-refractivity contribution in [2.45, 2.75) is 32.9 Å². The first kappa shape index (κ1) is 15.1. The first-order valence-corrected chi connectivity index (χ1v) is 7.48. The predicted molar refractivity (Wildman–Crippen MR) is 83.6 cm³/mol. The Morgan fingerprint density at radius 2 is 2.00 bits per heavy atom. The lowest BCUT2D eigenvalue weighted by Gasteiger charge is -2.11. The van der Waals surface area contributed by atoms with Gasteiger partial charge in [-0.1, -0.05) is 19.1 Å². The number of hydrogen-bond donors (Lipinski definition) is 1. The van der Waals surface area contributed by atoms with Crippen molar-refractivity contribution < 1.29 is 4.74 Å². The van der Waals surface area contributed by atoms with Crippen molar-refractivity contribution in [1.29, 1.82) is 0 Å². The van der Waals surface area contributed by atoms with Crippen LogP contribution in [0.1, 0.15) is 36.3 Å². The molecule has 0 spiro atoms. The normalized spacial score (nSPS) is 12.4. The zero-order valence-electron chi connectivity index (χ0n) is 12.1. The van der Waals surface area contributed by atoms with Gasteiger partial charge in [0.1, 0.15) is 12.4 Å². The standard InChI is InChI=1S/C15H20BrN3O/c1-4-13(17)11-5-7-12(8-6-11)20-9-14-15(16)10(2)18-19(14)3/h5-8,13H,4,9,17H2,1-3H3/t13-/m0/s1. The summed E-state index contributed by atoms with van der Waals surface area (Å²) in [6, 6.07) is 8.06. The van der Waals surface area contributed by atoms with Gasteiger partial charge in [-0.2, -0.15) is 5.10 Å². The van der Waals surface area contributed by atoms with Crippen LogP contribution in [0, 0.1) is 6.92 Å². The first-order valence-electron chi connectivity index (χ1n) is 6.69. The summed E-state index contributed by atoms with van der Waals surface area (Å²) < 4.78 is 8.64. The van der Waals surface area contributed by atoms with E-state index in [4.69, 9.17) is 10.5 Å². The summed E-state index contributed by atoms with van der Waals surface area (Å²) in [7, 11) is 1.92. The fraction of sp³-hybridized carbons (Fsp3) is 0.400. The van der Waals surface area contributed by atoms with Crippen LogP contribution >= 0.6 is 15.9 Å². The van der Waals surface area contributed by atoms with Gasteiger partial charge in [-0.05, 0) is 47.0 Å².